The maximum Gasteiger partial charge on any atom is 0.257 e. The maximum absolute atomic E-state index is 11.3. The molecule has 0 aliphatic rings. The molecule has 0 radical (unpaired) electrons. The Kier molecular flexibility index (Phi) is 3.63. The number of amides is 1. The average Bonchev–Trinajstić information content (AvgIpc) is 1.88. The number of rotatable bonds is 2. The van der Waals surface area contributed by atoms with Crippen LogP contribution in [0.5, 0.6) is 0 Å². The Balaban J connectivity index is 4.56. The Hall–Kier alpha value is -1.01. The molecular formula is C9H15NO. The minimum Gasteiger partial charge on any atom is -0.345 e. The van der Waals surface area contributed by atoms with Gasteiger partial charge in [-0.3, -0.25) is 4.79 Å². The fourth-order valence-corrected chi connectivity index (χ4v) is 0.768. The second kappa shape index (κ2) is 3.99. The molecule has 0 aromatic carbocycles. The topological polar surface area (TPSA) is 20.3 Å². The summed E-state index contributed by atoms with van der Waals surface area (Å²) in [6.07, 6.45) is 0. The molecule has 0 aliphatic heterocycles. The molecule has 0 rings (SSSR count). The monoisotopic (exact) mass is 153 g/mol. The van der Waals surface area contributed by atoms with Crippen molar-refractivity contribution in [3.8, 4) is 0 Å². The van der Waals surface area contributed by atoms with Gasteiger partial charge in [-0.15, -0.1) is 5.73 Å². The molecule has 2 nitrogen and oxygen atoms in total. The minimum atomic E-state index is -0.00463. The van der Waals surface area contributed by atoms with Gasteiger partial charge in [-0.1, -0.05) is 20.4 Å². The molecule has 0 heterocycles. The van der Waals surface area contributed by atoms with Crippen molar-refractivity contribution in [2.24, 2.45) is 5.92 Å². The van der Waals surface area contributed by atoms with E-state index in [9.17, 15) is 4.79 Å². The summed E-state index contributed by atoms with van der Waals surface area (Å²) in [5.41, 5.74) is 3.31. The quantitative estimate of drug-likeness (QED) is 0.434. The van der Waals surface area contributed by atoms with Crippen LogP contribution in [0.2, 0.25) is 0 Å². The molecule has 0 aliphatic carbocycles. The predicted molar refractivity (Wildman–Crippen MR) is 46.2 cm³/mol. The standard InChI is InChI=1S/C9H15NO/c1-6-8(7(2)3)9(11)10(4)5/h7H,1H2,2-5H3. The normalized spacial score (nSPS) is 9.18. The Labute approximate surface area is 68.2 Å². The Bertz CT molecular complexity index is 198. The van der Waals surface area contributed by atoms with Gasteiger partial charge in [-0.25, -0.2) is 0 Å². The summed E-state index contributed by atoms with van der Waals surface area (Å²) in [4.78, 5) is 12.8. The molecule has 11 heavy (non-hydrogen) atoms. The van der Waals surface area contributed by atoms with Crippen LogP contribution in [0.3, 0.4) is 0 Å². The van der Waals surface area contributed by atoms with E-state index >= 15 is 0 Å². The largest absolute Gasteiger partial charge is 0.345 e. The van der Waals surface area contributed by atoms with Gasteiger partial charge in [0.1, 0.15) is 0 Å². The summed E-state index contributed by atoms with van der Waals surface area (Å²) in [5, 5.41) is 0. The summed E-state index contributed by atoms with van der Waals surface area (Å²) >= 11 is 0. The lowest BCUT2D eigenvalue weighted by molar-refractivity contribution is -0.125. The van der Waals surface area contributed by atoms with Crippen molar-refractivity contribution in [3.05, 3.63) is 17.9 Å². The molecule has 1 amide bonds. The first-order chi connectivity index (χ1) is 5.00. The molecule has 0 unspecified atom stereocenters. The first kappa shape index (κ1) is 9.99. The highest BCUT2D eigenvalue weighted by atomic mass is 16.2. The summed E-state index contributed by atoms with van der Waals surface area (Å²) < 4.78 is 0. The van der Waals surface area contributed by atoms with Gasteiger partial charge >= 0.3 is 0 Å². The van der Waals surface area contributed by atoms with Crippen molar-refractivity contribution in [1.29, 1.82) is 0 Å². The van der Waals surface area contributed by atoms with Crippen LogP contribution in [0.25, 0.3) is 0 Å². The van der Waals surface area contributed by atoms with E-state index in [-0.39, 0.29) is 11.8 Å². The Morgan fingerprint density at radius 2 is 1.91 bits per heavy atom. The minimum absolute atomic E-state index is 0.00463. The Morgan fingerprint density at radius 1 is 1.45 bits per heavy atom. The van der Waals surface area contributed by atoms with Gasteiger partial charge in [0.2, 0.25) is 0 Å². The van der Waals surface area contributed by atoms with Crippen LogP contribution >= 0.6 is 0 Å². The number of hydrogen-bond acceptors (Lipinski definition) is 1. The predicted octanol–water partition coefficient (Wildman–Crippen LogP) is 1.44. The second-order valence-electron chi connectivity index (χ2n) is 2.94. The van der Waals surface area contributed by atoms with E-state index in [4.69, 9.17) is 0 Å². The molecule has 62 valence electrons. The van der Waals surface area contributed by atoms with Crippen LogP contribution in [0.4, 0.5) is 0 Å². The molecule has 0 atom stereocenters. The van der Waals surface area contributed by atoms with Gasteiger partial charge in [0.15, 0.2) is 0 Å². The maximum atomic E-state index is 11.3. The SMILES string of the molecule is C=C=C(C(=O)N(C)C)C(C)C. The molecule has 0 bridgehead atoms. The van der Waals surface area contributed by atoms with E-state index in [0.29, 0.717) is 5.57 Å². The fourth-order valence-electron chi connectivity index (χ4n) is 0.768. The zero-order valence-electron chi connectivity index (χ0n) is 7.64. The van der Waals surface area contributed by atoms with Crippen molar-refractivity contribution >= 4 is 5.91 Å². The number of hydrogen-bond donors (Lipinski definition) is 0. The second-order valence-corrected chi connectivity index (χ2v) is 2.94. The zero-order valence-corrected chi connectivity index (χ0v) is 7.64. The number of likely N-dealkylation sites (N-methyl/N-ethyl adjacent to an activating group) is 1. The van der Waals surface area contributed by atoms with E-state index in [1.54, 1.807) is 14.1 Å². The van der Waals surface area contributed by atoms with Gasteiger partial charge in [0.05, 0.1) is 5.57 Å². The third kappa shape index (κ3) is 2.60. The molecule has 0 saturated heterocycles. The lowest BCUT2D eigenvalue weighted by Gasteiger charge is -2.13. The molecule has 0 spiro atoms. The van der Waals surface area contributed by atoms with Crippen LogP contribution in [0, 0.1) is 5.92 Å². The van der Waals surface area contributed by atoms with Gasteiger partial charge < -0.3 is 4.90 Å². The molecular weight excluding hydrogens is 138 g/mol. The smallest absolute Gasteiger partial charge is 0.257 e. The highest BCUT2D eigenvalue weighted by Crippen LogP contribution is 2.09. The number of carbonyl (C=O) groups is 1. The highest BCUT2D eigenvalue weighted by molar-refractivity contribution is 5.93. The zero-order chi connectivity index (χ0) is 9.02. The van der Waals surface area contributed by atoms with Crippen molar-refractivity contribution in [2.45, 2.75) is 13.8 Å². The molecule has 0 fully saturated rings. The van der Waals surface area contributed by atoms with E-state index in [2.05, 4.69) is 12.3 Å². The molecule has 0 saturated carbocycles. The molecule has 2 heteroatoms. The summed E-state index contributed by atoms with van der Waals surface area (Å²) in [6, 6.07) is 0. The van der Waals surface area contributed by atoms with Crippen LogP contribution in [0.1, 0.15) is 13.8 Å². The molecule has 0 aromatic heterocycles. The number of nitrogens with zero attached hydrogens (tertiary/aromatic N) is 1. The van der Waals surface area contributed by atoms with Crippen LogP contribution in [-0.4, -0.2) is 24.9 Å². The van der Waals surface area contributed by atoms with E-state index in [0.717, 1.165) is 0 Å². The lowest BCUT2D eigenvalue weighted by Crippen LogP contribution is -2.25. The summed E-state index contributed by atoms with van der Waals surface area (Å²) in [6.45, 7) is 7.38. The highest BCUT2D eigenvalue weighted by Gasteiger charge is 2.13. The van der Waals surface area contributed by atoms with E-state index < -0.39 is 0 Å². The van der Waals surface area contributed by atoms with Gasteiger partial charge in [0, 0.05) is 14.1 Å². The molecule has 0 aromatic rings. The number of carbonyl (C=O) groups excluding carboxylic acids is 1. The van der Waals surface area contributed by atoms with Crippen molar-refractivity contribution < 1.29 is 4.79 Å². The van der Waals surface area contributed by atoms with Gasteiger partial charge in [-0.2, -0.15) is 0 Å². The Morgan fingerprint density at radius 3 is 2.00 bits per heavy atom. The summed E-state index contributed by atoms with van der Waals surface area (Å²) in [7, 11) is 3.45. The van der Waals surface area contributed by atoms with E-state index in [1.165, 1.54) is 4.90 Å². The van der Waals surface area contributed by atoms with Gasteiger partial charge in [-0.05, 0) is 5.92 Å². The van der Waals surface area contributed by atoms with Crippen molar-refractivity contribution in [3.63, 3.8) is 0 Å². The lowest BCUT2D eigenvalue weighted by atomic mass is 10.0. The first-order valence-corrected chi connectivity index (χ1v) is 3.62. The van der Waals surface area contributed by atoms with Crippen molar-refractivity contribution in [2.75, 3.05) is 14.1 Å². The summed E-state index contributed by atoms with van der Waals surface area (Å²) in [5.74, 6) is 0.192. The van der Waals surface area contributed by atoms with Crippen molar-refractivity contribution in [1.82, 2.24) is 4.90 Å². The first-order valence-electron chi connectivity index (χ1n) is 3.62. The molecule has 0 N–H and O–H groups in total. The van der Waals surface area contributed by atoms with Crippen LogP contribution in [0.15, 0.2) is 17.9 Å². The van der Waals surface area contributed by atoms with Crippen LogP contribution in [-0.2, 0) is 4.79 Å². The van der Waals surface area contributed by atoms with Gasteiger partial charge in [0.25, 0.3) is 5.91 Å². The third-order valence-electron chi connectivity index (χ3n) is 1.40. The van der Waals surface area contributed by atoms with Crippen LogP contribution < -0.4 is 0 Å². The fraction of sp³-hybridized carbons (Fsp3) is 0.556. The van der Waals surface area contributed by atoms with E-state index in [1.807, 2.05) is 13.8 Å². The third-order valence-corrected chi connectivity index (χ3v) is 1.40. The average molecular weight is 153 g/mol.